The average Bonchev–Trinajstić information content (AvgIpc) is 2.49. The second-order valence-electron chi connectivity index (χ2n) is 3.75. The zero-order valence-corrected chi connectivity index (χ0v) is 11.9. The minimum atomic E-state index is -2.27. The SMILES string of the molecule is C=Cc1c([N+](=O)[O-])c(OC)c(OC=C(F)F)c(OC)c1[N+](=O)[O-]. The van der Waals surface area contributed by atoms with Crippen molar-refractivity contribution in [1.82, 2.24) is 0 Å². The molecule has 23 heavy (non-hydrogen) atoms. The lowest BCUT2D eigenvalue weighted by atomic mass is 10.1. The molecule has 0 heterocycles. The van der Waals surface area contributed by atoms with Gasteiger partial charge in [-0.3, -0.25) is 20.2 Å². The molecule has 0 N–H and O–H groups in total. The Morgan fingerprint density at radius 1 is 1.04 bits per heavy atom. The first kappa shape index (κ1) is 17.8. The zero-order valence-electron chi connectivity index (χ0n) is 11.9. The molecule has 0 spiro atoms. The van der Waals surface area contributed by atoms with Gasteiger partial charge in [-0.05, 0) is 6.08 Å². The Labute approximate surface area is 127 Å². The molecule has 1 aromatic rings. The molecular weight excluding hydrogens is 322 g/mol. The lowest BCUT2D eigenvalue weighted by Gasteiger charge is -2.14. The summed E-state index contributed by atoms with van der Waals surface area (Å²) >= 11 is 0. The van der Waals surface area contributed by atoms with Gasteiger partial charge in [0, 0.05) is 0 Å². The number of ether oxygens (including phenoxy) is 3. The fourth-order valence-electron chi connectivity index (χ4n) is 1.82. The van der Waals surface area contributed by atoms with Crippen molar-refractivity contribution in [3.8, 4) is 17.2 Å². The van der Waals surface area contributed by atoms with Crippen LogP contribution >= 0.6 is 0 Å². The fourth-order valence-corrected chi connectivity index (χ4v) is 1.82. The standard InChI is InChI=1S/C12H10F2N2O7/c1-4-6-8(15(17)18)10(21-2)12(23-5-7(13)14)11(22-3)9(6)16(19)20/h4-5H,1H2,2-3H3. The van der Waals surface area contributed by atoms with Crippen molar-refractivity contribution in [2.45, 2.75) is 0 Å². The molecule has 9 nitrogen and oxygen atoms in total. The van der Waals surface area contributed by atoms with Gasteiger partial charge in [0.2, 0.25) is 17.2 Å². The highest BCUT2D eigenvalue weighted by molar-refractivity contribution is 5.83. The molecule has 0 saturated heterocycles. The third kappa shape index (κ3) is 3.33. The highest BCUT2D eigenvalue weighted by Crippen LogP contribution is 2.53. The van der Waals surface area contributed by atoms with Gasteiger partial charge in [0.15, 0.2) is 6.26 Å². The summed E-state index contributed by atoms with van der Waals surface area (Å²) in [6, 6.07) is 0. The van der Waals surface area contributed by atoms with Gasteiger partial charge in [0.25, 0.3) is 0 Å². The number of hydrogen-bond acceptors (Lipinski definition) is 7. The largest absolute Gasteiger partial charge is 0.487 e. The molecule has 11 heteroatoms. The summed E-state index contributed by atoms with van der Waals surface area (Å²) in [6.07, 6.45) is -1.47. The van der Waals surface area contributed by atoms with Gasteiger partial charge in [0.05, 0.1) is 24.1 Å². The van der Waals surface area contributed by atoms with E-state index in [1.165, 1.54) is 0 Å². The van der Waals surface area contributed by atoms with Gasteiger partial charge in [-0.1, -0.05) is 6.58 Å². The summed E-state index contributed by atoms with van der Waals surface area (Å²) in [6.45, 7) is 3.28. The molecule has 1 rings (SSSR count). The van der Waals surface area contributed by atoms with Crippen LogP contribution in [0.25, 0.3) is 6.08 Å². The molecule has 0 aliphatic carbocycles. The van der Waals surface area contributed by atoms with E-state index in [-0.39, 0.29) is 6.26 Å². The maximum absolute atomic E-state index is 12.2. The Kier molecular flexibility index (Phi) is 5.54. The van der Waals surface area contributed by atoms with E-state index in [1.54, 1.807) is 0 Å². The summed E-state index contributed by atoms with van der Waals surface area (Å²) in [5, 5.41) is 22.4. The van der Waals surface area contributed by atoms with Gasteiger partial charge in [0.1, 0.15) is 5.56 Å². The topological polar surface area (TPSA) is 114 Å². The number of methoxy groups -OCH3 is 2. The maximum Gasteiger partial charge on any atom is 0.329 e. The molecule has 0 amide bonds. The molecule has 1 aromatic carbocycles. The van der Waals surface area contributed by atoms with Crippen LogP contribution in [0, 0.1) is 20.2 Å². The van der Waals surface area contributed by atoms with Gasteiger partial charge in [-0.25, -0.2) is 0 Å². The molecule has 0 bridgehead atoms. The second kappa shape index (κ2) is 7.15. The Morgan fingerprint density at radius 3 is 1.74 bits per heavy atom. The Hall–Kier alpha value is -3.24. The lowest BCUT2D eigenvalue weighted by molar-refractivity contribution is -0.395. The smallest absolute Gasteiger partial charge is 0.329 e. The molecule has 0 aliphatic rings. The van der Waals surface area contributed by atoms with Gasteiger partial charge in [-0.15, -0.1) is 0 Å². The first-order valence-corrected chi connectivity index (χ1v) is 5.71. The van der Waals surface area contributed by atoms with Gasteiger partial charge >= 0.3 is 17.5 Å². The predicted octanol–water partition coefficient (Wildman–Crippen LogP) is 3.28. The van der Waals surface area contributed by atoms with E-state index in [0.717, 1.165) is 20.3 Å². The Morgan fingerprint density at radius 2 is 1.48 bits per heavy atom. The van der Waals surface area contributed by atoms with E-state index in [9.17, 15) is 29.0 Å². The van der Waals surface area contributed by atoms with E-state index in [0.29, 0.717) is 0 Å². The lowest BCUT2D eigenvalue weighted by Crippen LogP contribution is -2.06. The molecular formula is C12H10F2N2O7. The van der Waals surface area contributed by atoms with E-state index >= 15 is 0 Å². The van der Waals surface area contributed by atoms with Crippen LogP contribution in [0.3, 0.4) is 0 Å². The van der Waals surface area contributed by atoms with E-state index < -0.39 is 50.1 Å². The number of benzene rings is 1. The van der Waals surface area contributed by atoms with Crippen LogP contribution in [0.1, 0.15) is 5.56 Å². The molecule has 0 radical (unpaired) electrons. The van der Waals surface area contributed by atoms with E-state index in [4.69, 9.17) is 9.47 Å². The average molecular weight is 332 g/mol. The first-order chi connectivity index (χ1) is 10.8. The van der Waals surface area contributed by atoms with Crippen LogP contribution in [-0.4, -0.2) is 24.1 Å². The fraction of sp³-hybridized carbons (Fsp3) is 0.167. The normalized spacial score (nSPS) is 9.74. The molecule has 124 valence electrons. The maximum atomic E-state index is 12.2. The van der Waals surface area contributed by atoms with Crippen LogP contribution in [0.5, 0.6) is 17.2 Å². The van der Waals surface area contributed by atoms with Crippen molar-refractivity contribution in [1.29, 1.82) is 0 Å². The molecule has 0 atom stereocenters. The van der Waals surface area contributed by atoms with Crippen LogP contribution in [0.4, 0.5) is 20.2 Å². The third-order valence-electron chi connectivity index (χ3n) is 2.60. The monoisotopic (exact) mass is 332 g/mol. The van der Waals surface area contributed by atoms with Gasteiger partial charge in [-0.2, -0.15) is 8.78 Å². The number of nitro benzene ring substituents is 2. The molecule has 0 unspecified atom stereocenters. The first-order valence-electron chi connectivity index (χ1n) is 5.71. The second-order valence-corrected chi connectivity index (χ2v) is 3.75. The minimum Gasteiger partial charge on any atom is -0.487 e. The summed E-state index contributed by atoms with van der Waals surface area (Å²) in [5.41, 5.74) is -2.24. The number of hydrogen-bond donors (Lipinski definition) is 0. The molecule has 0 fully saturated rings. The Bertz CT molecular complexity index is 656. The summed E-state index contributed by atoms with van der Waals surface area (Å²) < 4.78 is 38.6. The minimum absolute atomic E-state index is 0.0542. The summed E-state index contributed by atoms with van der Waals surface area (Å²) in [7, 11) is 2.01. The van der Waals surface area contributed by atoms with Crippen molar-refractivity contribution in [3.05, 3.63) is 44.7 Å². The van der Waals surface area contributed by atoms with Crippen LogP contribution in [0.2, 0.25) is 0 Å². The quantitative estimate of drug-likeness (QED) is 0.427. The van der Waals surface area contributed by atoms with Crippen molar-refractivity contribution in [3.63, 3.8) is 0 Å². The van der Waals surface area contributed by atoms with E-state index in [1.807, 2.05) is 0 Å². The number of rotatable bonds is 7. The van der Waals surface area contributed by atoms with Crippen molar-refractivity contribution >= 4 is 17.5 Å². The highest BCUT2D eigenvalue weighted by Gasteiger charge is 2.38. The molecule has 0 aromatic heterocycles. The zero-order chi connectivity index (χ0) is 17.7. The Balaban J connectivity index is 3.99. The summed E-state index contributed by atoms with van der Waals surface area (Å²) in [4.78, 5) is 20.5. The third-order valence-corrected chi connectivity index (χ3v) is 2.60. The number of halogens is 2. The van der Waals surface area contributed by atoms with Gasteiger partial charge < -0.3 is 14.2 Å². The summed E-state index contributed by atoms with van der Waals surface area (Å²) in [5.74, 6) is -1.97. The number of nitro groups is 2. The van der Waals surface area contributed by atoms with Crippen LogP contribution in [0.15, 0.2) is 18.9 Å². The van der Waals surface area contributed by atoms with Crippen molar-refractivity contribution in [2.24, 2.45) is 0 Å². The van der Waals surface area contributed by atoms with Crippen LogP contribution < -0.4 is 14.2 Å². The predicted molar refractivity (Wildman–Crippen MR) is 73.9 cm³/mol. The molecule has 0 saturated carbocycles. The van der Waals surface area contributed by atoms with Crippen molar-refractivity contribution < 1.29 is 32.8 Å². The van der Waals surface area contributed by atoms with Crippen molar-refractivity contribution in [2.75, 3.05) is 14.2 Å². The molecule has 0 aliphatic heterocycles. The van der Waals surface area contributed by atoms with Crippen LogP contribution in [-0.2, 0) is 0 Å². The van der Waals surface area contributed by atoms with E-state index in [2.05, 4.69) is 11.3 Å². The highest BCUT2D eigenvalue weighted by atomic mass is 19.3. The number of nitrogens with zero attached hydrogens (tertiary/aromatic N) is 2.